The van der Waals surface area contributed by atoms with Crippen molar-refractivity contribution in [3.8, 4) is 0 Å². The quantitative estimate of drug-likeness (QED) is 0.352. The molecule has 5 rings (SSSR count). The molecular weight excluding hydrogens is 448 g/mol. The van der Waals surface area contributed by atoms with Crippen molar-refractivity contribution in [3.05, 3.63) is 63.2 Å². The number of aryl methyl sites for hydroxylation is 2. The van der Waals surface area contributed by atoms with E-state index in [-0.39, 0.29) is 5.56 Å². The number of imidazole rings is 1. The first-order valence-corrected chi connectivity index (χ1v) is 11.4. The van der Waals surface area contributed by atoms with E-state index in [1.807, 2.05) is 47.7 Å². The van der Waals surface area contributed by atoms with Crippen LogP contribution in [-0.2, 0) is 24.1 Å². The smallest absolute Gasteiger partial charge is 0.262 e. The third-order valence-corrected chi connectivity index (χ3v) is 6.67. The summed E-state index contributed by atoms with van der Waals surface area (Å²) in [5.74, 6) is 1.80. The highest BCUT2D eigenvalue weighted by atomic mass is 35.5. The van der Waals surface area contributed by atoms with E-state index >= 15 is 0 Å². The number of hydrogen-bond acceptors (Lipinski definition) is 6. The number of methoxy groups -OCH3 is 1. The van der Waals surface area contributed by atoms with Crippen molar-refractivity contribution in [1.82, 2.24) is 28.7 Å². The number of fused-ring (bicyclic) bond motifs is 4. The van der Waals surface area contributed by atoms with Gasteiger partial charge in [0.2, 0.25) is 5.78 Å². The zero-order valence-corrected chi connectivity index (χ0v) is 19.4. The predicted octanol–water partition coefficient (Wildman–Crippen LogP) is 3.83. The molecule has 0 aliphatic rings. The molecule has 0 spiro atoms. The van der Waals surface area contributed by atoms with Crippen molar-refractivity contribution >= 4 is 51.1 Å². The van der Waals surface area contributed by atoms with E-state index in [2.05, 4.69) is 14.8 Å². The monoisotopic (exact) mass is 468 g/mol. The topological polar surface area (TPSA) is 79.2 Å². The molecule has 0 aliphatic carbocycles. The lowest BCUT2D eigenvalue weighted by molar-refractivity contribution is 0.186. The summed E-state index contributed by atoms with van der Waals surface area (Å²) in [6, 6.07) is 11.6. The molecule has 10 heteroatoms. The highest BCUT2D eigenvalue weighted by Gasteiger charge is 2.17. The molecule has 3 heterocycles. The SMILES string of the molecule is COCCn1c(SCc2nnc3n(C)c(=O)c4cc(C)ccc4n23)nc2cc(Cl)ccc21. The first kappa shape index (κ1) is 21.0. The van der Waals surface area contributed by atoms with Gasteiger partial charge in [-0.2, -0.15) is 0 Å². The van der Waals surface area contributed by atoms with Gasteiger partial charge in [0.1, 0.15) is 5.82 Å². The lowest BCUT2D eigenvalue weighted by Crippen LogP contribution is -2.20. The number of benzene rings is 2. The Hall–Kier alpha value is -2.88. The Kier molecular flexibility index (Phi) is 5.40. The molecule has 3 aromatic heterocycles. The molecule has 0 fully saturated rings. The molecule has 8 nitrogen and oxygen atoms in total. The molecule has 164 valence electrons. The maximum Gasteiger partial charge on any atom is 0.262 e. The van der Waals surface area contributed by atoms with Crippen LogP contribution in [0.5, 0.6) is 0 Å². The molecule has 0 radical (unpaired) electrons. The maximum absolute atomic E-state index is 12.8. The van der Waals surface area contributed by atoms with E-state index in [1.54, 1.807) is 30.5 Å². The van der Waals surface area contributed by atoms with Crippen molar-refractivity contribution in [3.63, 3.8) is 0 Å². The average Bonchev–Trinajstić information content (AvgIpc) is 3.35. The van der Waals surface area contributed by atoms with Gasteiger partial charge in [0.05, 0.1) is 34.3 Å². The van der Waals surface area contributed by atoms with Gasteiger partial charge in [0.25, 0.3) is 5.56 Å². The summed E-state index contributed by atoms with van der Waals surface area (Å²) in [5, 5.41) is 10.8. The average molecular weight is 469 g/mol. The number of halogens is 1. The third kappa shape index (κ3) is 3.46. The van der Waals surface area contributed by atoms with Crippen molar-refractivity contribution in [1.29, 1.82) is 0 Å². The van der Waals surface area contributed by atoms with Crippen molar-refractivity contribution in [2.24, 2.45) is 7.05 Å². The van der Waals surface area contributed by atoms with Gasteiger partial charge in [-0.05, 0) is 37.3 Å². The van der Waals surface area contributed by atoms with Gasteiger partial charge in [0, 0.05) is 25.7 Å². The van der Waals surface area contributed by atoms with Gasteiger partial charge in [-0.15, -0.1) is 10.2 Å². The van der Waals surface area contributed by atoms with Crippen LogP contribution in [0.1, 0.15) is 11.4 Å². The molecular formula is C22H21ClN6O2S. The highest BCUT2D eigenvalue weighted by Crippen LogP contribution is 2.29. The second-order valence-corrected chi connectivity index (χ2v) is 8.98. The van der Waals surface area contributed by atoms with E-state index in [4.69, 9.17) is 21.3 Å². The summed E-state index contributed by atoms with van der Waals surface area (Å²) < 4.78 is 10.9. The van der Waals surface area contributed by atoms with Crippen molar-refractivity contribution in [2.75, 3.05) is 13.7 Å². The van der Waals surface area contributed by atoms with Crippen LogP contribution in [0.25, 0.3) is 27.7 Å². The normalized spacial score (nSPS) is 11.9. The minimum absolute atomic E-state index is 0.0824. The Balaban J connectivity index is 1.58. The Morgan fingerprint density at radius 2 is 1.94 bits per heavy atom. The van der Waals surface area contributed by atoms with Crippen LogP contribution < -0.4 is 5.56 Å². The number of thioether (sulfide) groups is 1. The summed E-state index contributed by atoms with van der Waals surface area (Å²) in [4.78, 5) is 17.6. The second-order valence-electron chi connectivity index (χ2n) is 7.60. The lowest BCUT2D eigenvalue weighted by atomic mass is 10.1. The Morgan fingerprint density at radius 1 is 1.12 bits per heavy atom. The zero-order chi connectivity index (χ0) is 22.4. The maximum atomic E-state index is 12.8. The third-order valence-electron chi connectivity index (χ3n) is 5.47. The molecule has 0 amide bonds. The second kappa shape index (κ2) is 8.23. The van der Waals surface area contributed by atoms with E-state index in [0.29, 0.717) is 35.1 Å². The molecule has 32 heavy (non-hydrogen) atoms. The van der Waals surface area contributed by atoms with Gasteiger partial charge in [-0.1, -0.05) is 35.0 Å². The summed E-state index contributed by atoms with van der Waals surface area (Å²) in [6.07, 6.45) is 0. The molecule has 0 bridgehead atoms. The summed E-state index contributed by atoms with van der Waals surface area (Å²) in [6.45, 7) is 3.22. The molecule has 0 atom stereocenters. The number of hydrogen-bond donors (Lipinski definition) is 0. The molecule has 0 saturated carbocycles. The van der Waals surface area contributed by atoms with Gasteiger partial charge in [0.15, 0.2) is 5.16 Å². The number of aromatic nitrogens is 6. The number of rotatable bonds is 6. The van der Waals surface area contributed by atoms with Crippen LogP contribution >= 0.6 is 23.4 Å². The van der Waals surface area contributed by atoms with Crippen LogP contribution in [0.3, 0.4) is 0 Å². The molecule has 2 aromatic carbocycles. The highest BCUT2D eigenvalue weighted by molar-refractivity contribution is 7.98. The Bertz CT molecular complexity index is 1540. The molecule has 0 saturated heterocycles. The van der Waals surface area contributed by atoms with E-state index < -0.39 is 0 Å². The Morgan fingerprint density at radius 3 is 2.75 bits per heavy atom. The Labute approximate surface area is 192 Å². The van der Waals surface area contributed by atoms with Gasteiger partial charge < -0.3 is 9.30 Å². The van der Waals surface area contributed by atoms with Gasteiger partial charge in [-0.25, -0.2) is 4.98 Å². The fourth-order valence-corrected chi connectivity index (χ4v) is 4.99. The minimum Gasteiger partial charge on any atom is -0.383 e. The lowest BCUT2D eigenvalue weighted by Gasteiger charge is -2.10. The molecule has 0 unspecified atom stereocenters. The molecule has 0 N–H and O–H groups in total. The fourth-order valence-electron chi connectivity index (χ4n) is 3.87. The number of ether oxygens (including phenoxy) is 1. The standard InChI is InChI=1S/C22H21ClN6O2S/c1-13-4-6-17-15(10-13)20(30)27(2)21-26-25-19(29(17)21)12-32-22-24-16-11-14(23)5-7-18(16)28(22)8-9-31-3/h4-7,10-11H,8-9,12H2,1-3H3. The van der Waals surface area contributed by atoms with E-state index in [9.17, 15) is 4.79 Å². The predicted molar refractivity (Wildman–Crippen MR) is 127 cm³/mol. The summed E-state index contributed by atoms with van der Waals surface area (Å²) >= 11 is 7.74. The zero-order valence-electron chi connectivity index (χ0n) is 17.9. The van der Waals surface area contributed by atoms with Crippen LogP contribution in [0, 0.1) is 6.92 Å². The van der Waals surface area contributed by atoms with E-state index in [0.717, 1.165) is 33.1 Å². The van der Waals surface area contributed by atoms with Crippen LogP contribution in [0.2, 0.25) is 5.02 Å². The summed E-state index contributed by atoms with van der Waals surface area (Å²) in [7, 11) is 3.40. The van der Waals surface area contributed by atoms with Crippen LogP contribution in [0.15, 0.2) is 46.3 Å². The largest absolute Gasteiger partial charge is 0.383 e. The summed E-state index contributed by atoms with van der Waals surface area (Å²) in [5.41, 5.74) is 3.59. The van der Waals surface area contributed by atoms with Gasteiger partial charge >= 0.3 is 0 Å². The molecule has 0 aliphatic heterocycles. The van der Waals surface area contributed by atoms with Gasteiger partial charge in [-0.3, -0.25) is 13.8 Å². The van der Waals surface area contributed by atoms with Crippen molar-refractivity contribution < 1.29 is 4.74 Å². The first-order chi connectivity index (χ1) is 15.5. The molecule has 5 aromatic rings. The fraction of sp³-hybridized carbons (Fsp3) is 0.273. The first-order valence-electron chi connectivity index (χ1n) is 10.1. The van der Waals surface area contributed by atoms with Crippen LogP contribution in [0.4, 0.5) is 0 Å². The van der Waals surface area contributed by atoms with E-state index in [1.165, 1.54) is 0 Å². The van der Waals surface area contributed by atoms with Crippen molar-refractivity contribution in [2.45, 2.75) is 24.4 Å². The van der Waals surface area contributed by atoms with Crippen LogP contribution in [-0.4, -0.2) is 42.4 Å². The number of nitrogens with zero attached hydrogens (tertiary/aromatic N) is 6. The minimum atomic E-state index is -0.0824.